The number of ether oxygens (including phenoxy) is 1. The first kappa shape index (κ1) is 25.3. The van der Waals surface area contributed by atoms with Gasteiger partial charge in [-0.2, -0.15) is 5.26 Å². The fourth-order valence-corrected chi connectivity index (χ4v) is 6.40. The van der Waals surface area contributed by atoms with Gasteiger partial charge in [-0.25, -0.2) is 0 Å². The number of fused-ring (bicyclic) bond motifs is 1. The number of nitriles is 1. The highest BCUT2D eigenvalue weighted by Crippen LogP contribution is 2.44. The van der Waals surface area contributed by atoms with Gasteiger partial charge in [0, 0.05) is 11.9 Å². The van der Waals surface area contributed by atoms with E-state index in [0.717, 1.165) is 30.6 Å². The van der Waals surface area contributed by atoms with E-state index in [1.54, 1.807) is 11.3 Å². The summed E-state index contributed by atoms with van der Waals surface area (Å²) in [5, 5.41) is 22.6. The maximum absolute atomic E-state index is 12.8. The minimum absolute atomic E-state index is 0.157. The van der Waals surface area contributed by atoms with E-state index >= 15 is 0 Å². The van der Waals surface area contributed by atoms with Gasteiger partial charge in [0.05, 0.1) is 11.3 Å². The van der Waals surface area contributed by atoms with Crippen LogP contribution in [0.3, 0.4) is 0 Å². The van der Waals surface area contributed by atoms with E-state index in [1.165, 1.54) is 16.6 Å². The normalized spacial score (nSPS) is 16.3. The highest BCUT2D eigenvalue weighted by Gasteiger charge is 2.32. The molecule has 2 unspecified atom stereocenters. The molecule has 1 aliphatic carbocycles. The van der Waals surface area contributed by atoms with Crippen molar-refractivity contribution in [2.75, 3.05) is 11.1 Å². The highest BCUT2D eigenvalue weighted by molar-refractivity contribution is 7.99. The van der Waals surface area contributed by atoms with Crippen LogP contribution in [0, 0.1) is 22.7 Å². The summed E-state index contributed by atoms with van der Waals surface area (Å²) in [6.07, 6.45) is 2.65. The number of hydrogen-bond donors (Lipinski definition) is 1. The molecule has 35 heavy (non-hydrogen) atoms. The first-order chi connectivity index (χ1) is 16.7. The number of aromatic nitrogens is 3. The summed E-state index contributed by atoms with van der Waals surface area (Å²) in [4.78, 5) is 14.0. The van der Waals surface area contributed by atoms with Crippen LogP contribution in [-0.2, 0) is 24.7 Å². The Balaban J connectivity index is 1.38. The summed E-state index contributed by atoms with van der Waals surface area (Å²) in [6.45, 7) is 8.74. The summed E-state index contributed by atoms with van der Waals surface area (Å²) in [6, 6.07) is 11.9. The zero-order valence-corrected chi connectivity index (χ0v) is 22.4. The Kier molecular flexibility index (Phi) is 7.53. The summed E-state index contributed by atoms with van der Waals surface area (Å²) in [7, 11) is 1.87. The monoisotopic (exact) mass is 509 g/mol. The Hall–Kier alpha value is -2.83. The quantitative estimate of drug-likeness (QED) is 0.407. The van der Waals surface area contributed by atoms with E-state index in [2.05, 4.69) is 42.4 Å². The number of amides is 1. The first-order valence-electron chi connectivity index (χ1n) is 11.8. The highest BCUT2D eigenvalue weighted by atomic mass is 32.2. The predicted molar refractivity (Wildman–Crippen MR) is 140 cm³/mol. The number of nitrogens with zero attached hydrogens (tertiary/aromatic N) is 4. The molecule has 0 fully saturated rings. The number of hydrogen-bond acceptors (Lipinski definition) is 7. The maximum atomic E-state index is 12.8. The van der Waals surface area contributed by atoms with E-state index < -0.39 is 0 Å². The molecule has 1 N–H and O–H groups in total. The van der Waals surface area contributed by atoms with Gasteiger partial charge < -0.3 is 14.6 Å². The molecule has 1 aliphatic rings. The second kappa shape index (κ2) is 10.4. The number of benzene rings is 1. The van der Waals surface area contributed by atoms with Crippen molar-refractivity contribution in [3.63, 3.8) is 0 Å². The largest absolute Gasteiger partial charge is 0.483 e. The van der Waals surface area contributed by atoms with Gasteiger partial charge >= 0.3 is 0 Å². The van der Waals surface area contributed by atoms with Gasteiger partial charge in [-0.15, -0.1) is 21.5 Å². The molecule has 184 valence electrons. The van der Waals surface area contributed by atoms with E-state index in [-0.39, 0.29) is 23.2 Å². The van der Waals surface area contributed by atoms with E-state index in [1.807, 2.05) is 48.9 Å². The molecule has 0 aliphatic heterocycles. The SMILES string of the molecule is CC(Oc1ccccc1)c1nnc(SCC(=O)Nc2sc3c(c2C#N)CCC(C(C)(C)C)C3)n1C. The van der Waals surface area contributed by atoms with Crippen molar-refractivity contribution < 1.29 is 9.53 Å². The van der Waals surface area contributed by atoms with Crippen molar-refractivity contribution in [2.24, 2.45) is 18.4 Å². The van der Waals surface area contributed by atoms with Crippen LogP contribution in [0.4, 0.5) is 5.00 Å². The minimum Gasteiger partial charge on any atom is -0.483 e. The smallest absolute Gasteiger partial charge is 0.235 e. The number of anilines is 1. The molecule has 2 heterocycles. The van der Waals surface area contributed by atoms with Crippen LogP contribution in [0.1, 0.15) is 62.0 Å². The Labute approximate surface area is 214 Å². The van der Waals surface area contributed by atoms with Gasteiger partial charge in [0.25, 0.3) is 0 Å². The van der Waals surface area contributed by atoms with Crippen molar-refractivity contribution in [1.82, 2.24) is 14.8 Å². The molecule has 2 atom stereocenters. The molecule has 1 aromatic carbocycles. The fraction of sp³-hybridized carbons (Fsp3) is 0.462. The molecule has 0 bridgehead atoms. The zero-order valence-electron chi connectivity index (χ0n) is 20.8. The first-order valence-corrected chi connectivity index (χ1v) is 13.6. The van der Waals surface area contributed by atoms with Crippen LogP contribution in [0.25, 0.3) is 0 Å². The molecule has 0 radical (unpaired) electrons. The van der Waals surface area contributed by atoms with Gasteiger partial charge in [-0.1, -0.05) is 50.7 Å². The second-order valence-corrected chi connectivity index (χ2v) is 12.0. The average molecular weight is 510 g/mol. The average Bonchev–Trinajstić information content (AvgIpc) is 3.36. The van der Waals surface area contributed by atoms with E-state index in [9.17, 15) is 10.1 Å². The molecular formula is C26H31N5O2S2. The fourth-order valence-electron chi connectivity index (χ4n) is 4.39. The molecule has 0 spiro atoms. The topological polar surface area (TPSA) is 92.8 Å². The van der Waals surface area contributed by atoms with Gasteiger partial charge in [0.15, 0.2) is 17.1 Å². The summed E-state index contributed by atoms with van der Waals surface area (Å²) >= 11 is 2.87. The molecule has 0 saturated heterocycles. The van der Waals surface area contributed by atoms with Crippen LogP contribution in [-0.4, -0.2) is 26.4 Å². The molecule has 3 aromatic rings. The van der Waals surface area contributed by atoms with Gasteiger partial charge in [-0.3, -0.25) is 4.79 Å². The predicted octanol–water partition coefficient (Wildman–Crippen LogP) is 5.77. The van der Waals surface area contributed by atoms with Crippen molar-refractivity contribution in [3.05, 3.63) is 52.2 Å². The Bertz CT molecular complexity index is 1240. The molecule has 2 aromatic heterocycles. The molecule has 7 nitrogen and oxygen atoms in total. The van der Waals surface area contributed by atoms with Crippen LogP contribution in [0.15, 0.2) is 35.5 Å². The lowest BCUT2D eigenvalue weighted by molar-refractivity contribution is -0.113. The number of carbonyl (C=O) groups excluding carboxylic acids is 1. The van der Waals surface area contributed by atoms with E-state index in [4.69, 9.17) is 4.74 Å². The minimum atomic E-state index is -0.286. The summed E-state index contributed by atoms with van der Waals surface area (Å²) in [5.41, 5.74) is 1.97. The van der Waals surface area contributed by atoms with Crippen LogP contribution in [0.5, 0.6) is 5.75 Å². The molecule has 9 heteroatoms. The van der Waals surface area contributed by atoms with Crippen molar-refractivity contribution in [3.8, 4) is 11.8 Å². The number of carbonyl (C=O) groups is 1. The Morgan fingerprint density at radius 3 is 2.77 bits per heavy atom. The van der Waals surface area contributed by atoms with Crippen LogP contribution < -0.4 is 10.1 Å². The standard InChI is InChI=1S/C26H31N5O2S2/c1-16(33-18-9-7-6-8-10-18)23-29-30-25(31(23)5)34-15-22(32)28-24-20(14-27)19-12-11-17(26(2,3)4)13-21(19)35-24/h6-10,16-17H,11-13,15H2,1-5H3,(H,28,32). The van der Waals surface area contributed by atoms with Gasteiger partial charge in [0.2, 0.25) is 5.91 Å². The number of thiophene rings is 1. The third kappa shape index (κ3) is 5.71. The lowest BCUT2D eigenvalue weighted by Gasteiger charge is -2.33. The van der Waals surface area contributed by atoms with Crippen LogP contribution >= 0.6 is 23.1 Å². The Morgan fingerprint density at radius 2 is 2.09 bits per heavy atom. The molecule has 4 rings (SSSR count). The van der Waals surface area contributed by atoms with Crippen molar-refractivity contribution in [1.29, 1.82) is 5.26 Å². The lowest BCUT2D eigenvalue weighted by Crippen LogP contribution is -2.26. The zero-order chi connectivity index (χ0) is 25.2. The summed E-state index contributed by atoms with van der Waals surface area (Å²) in [5.74, 6) is 2.05. The maximum Gasteiger partial charge on any atom is 0.235 e. The van der Waals surface area contributed by atoms with Crippen molar-refractivity contribution >= 4 is 34.0 Å². The van der Waals surface area contributed by atoms with Gasteiger partial charge in [-0.05, 0) is 55.2 Å². The van der Waals surface area contributed by atoms with Gasteiger partial charge in [0.1, 0.15) is 16.8 Å². The molecule has 1 amide bonds. The Morgan fingerprint density at radius 1 is 1.34 bits per heavy atom. The summed E-state index contributed by atoms with van der Waals surface area (Å²) < 4.78 is 7.80. The third-order valence-corrected chi connectivity index (χ3v) is 8.67. The third-order valence-electron chi connectivity index (χ3n) is 6.48. The number of rotatable bonds is 7. The molecule has 0 saturated carbocycles. The number of nitrogens with one attached hydrogen (secondary N) is 1. The van der Waals surface area contributed by atoms with E-state index in [0.29, 0.717) is 27.5 Å². The number of para-hydroxylation sites is 1. The van der Waals surface area contributed by atoms with Crippen LogP contribution in [0.2, 0.25) is 0 Å². The second-order valence-electron chi connectivity index (χ2n) is 9.94. The number of thioether (sulfide) groups is 1. The van der Waals surface area contributed by atoms with Crippen molar-refractivity contribution in [2.45, 2.75) is 58.2 Å². The lowest BCUT2D eigenvalue weighted by atomic mass is 9.72. The molecular weight excluding hydrogens is 478 g/mol.